The van der Waals surface area contributed by atoms with Crippen molar-refractivity contribution in [3.8, 4) is 0 Å². The van der Waals surface area contributed by atoms with Crippen LogP contribution in [0.4, 0.5) is 5.69 Å². The van der Waals surface area contributed by atoms with Crippen LogP contribution in [0.2, 0.25) is 0 Å². The second kappa shape index (κ2) is 8.19. The number of aryl methyl sites for hydroxylation is 2. The van der Waals surface area contributed by atoms with Gasteiger partial charge in [-0.2, -0.15) is 0 Å². The third kappa shape index (κ3) is 4.44. The van der Waals surface area contributed by atoms with E-state index in [1.807, 2.05) is 6.92 Å². The predicted molar refractivity (Wildman–Crippen MR) is 113 cm³/mol. The summed E-state index contributed by atoms with van der Waals surface area (Å²) in [7, 11) is -3.41. The largest absolute Gasteiger partial charge is 0.346 e. The molecule has 0 heterocycles. The van der Waals surface area contributed by atoms with Crippen LogP contribution in [0.5, 0.6) is 0 Å². The third-order valence-corrected chi connectivity index (χ3v) is 6.24. The van der Waals surface area contributed by atoms with Crippen molar-refractivity contribution < 1.29 is 13.2 Å². The van der Waals surface area contributed by atoms with Crippen molar-refractivity contribution in [1.82, 2.24) is 5.32 Å². The molecule has 0 aromatic heterocycles. The molecule has 0 unspecified atom stereocenters. The van der Waals surface area contributed by atoms with E-state index in [9.17, 15) is 13.2 Å². The fraction of sp³-hybridized carbons (Fsp3) is 0.318. The molecule has 0 spiro atoms. The smallest absolute Gasteiger partial charge is 0.251 e. The Morgan fingerprint density at radius 3 is 2.50 bits per heavy atom. The molecular formula is C22H26N2O3S. The molecule has 148 valence electrons. The average molecular weight is 399 g/mol. The van der Waals surface area contributed by atoms with Crippen LogP contribution in [-0.2, 0) is 22.9 Å². The van der Waals surface area contributed by atoms with E-state index >= 15 is 0 Å². The zero-order valence-electron chi connectivity index (χ0n) is 16.3. The number of rotatable bonds is 7. The van der Waals surface area contributed by atoms with Crippen molar-refractivity contribution in [3.63, 3.8) is 0 Å². The van der Waals surface area contributed by atoms with Gasteiger partial charge in [-0.1, -0.05) is 24.3 Å². The van der Waals surface area contributed by atoms with E-state index in [1.165, 1.54) is 27.9 Å². The second-order valence-corrected chi connectivity index (χ2v) is 9.11. The number of sulfonamides is 1. The molecule has 0 saturated carbocycles. The van der Waals surface area contributed by atoms with E-state index in [1.54, 1.807) is 24.3 Å². The standard InChI is InChI=1S/C22H26N2O3S/c1-4-14-24(28(3,26)27)21-12-10-18(11-13-21)22(25)23-16(2)19-9-8-17-6-5-7-20(17)15-19/h4,8-13,15-16H,1,5-7,14H2,2-3H3,(H,23,25)/t16-/m0/s1. The molecule has 1 amide bonds. The van der Waals surface area contributed by atoms with Gasteiger partial charge in [0.05, 0.1) is 24.5 Å². The van der Waals surface area contributed by atoms with Gasteiger partial charge >= 0.3 is 0 Å². The Balaban J connectivity index is 1.71. The number of carbonyl (C=O) groups excluding carboxylic acids is 1. The van der Waals surface area contributed by atoms with Crippen molar-refractivity contribution in [3.05, 3.63) is 77.4 Å². The minimum Gasteiger partial charge on any atom is -0.346 e. The Kier molecular flexibility index (Phi) is 5.89. The van der Waals surface area contributed by atoms with Gasteiger partial charge in [0.25, 0.3) is 5.91 Å². The summed E-state index contributed by atoms with van der Waals surface area (Å²) in [4.78, 5) is 12.6. The zero-order chi connectivity index (χ0) is 20.3. The molecule has 3 rings (SSSR count). The Morgan fingerprint density at radius 2 is 1.86 bits per heavy atom. The molecule has 0 fully saturated rings. The molecule has 2 aromatic rings. The van der Waals surface area contributed by atoms with E-state index < -0.39 is 10.0 Å². The molecule has 28 heavy (non-hydrogen) atoms. The summed E-state index contributed by atoms with van der Waals surface area (Å²) in [5.41, 5.74) is 4.88. The van der Waals surface area contributed by atoms with Crippen molar-refractivity contribution in [2.24, 2.45) is 0 Å². The van der Waals surface area contributed by atoms with Gasteiger partial charge in [0.15, 0.2) is 0 Å². The highest BCUT2D eigenvalue weighted by Gasteiger charge is 2.18. The van der Waals surface area contributed by atoms with E-state index in [2.05, 4.69) is 30.1 Å². The molecule has 0 aliphatic heterocycles. The summed E-state index contributed by atoms with van der Waals surface area (Å²) in [5.74, 6) is -0.186. The molecule has 0 bridgehead atoms. The molecule has 0 saturated heterocycles. The number of amides is 1. The summed E-state index contributed by atoms with van der Waals surface area (Å²) in [5, 5.41) is 3.02. The lowest BCUT2D eigenvalue weighted by atomic mass is 10.0. The summed E-state index contributed by atoms with van der Waals surface area (Å²) >= 11 is 0. The van der Waals surface area contributed by atoms with E-state index in [0.717, 1.165) is 24.7 Å². The minimum absolute atomic E-state index is 0.105. The van der Waals surface area contributed by atoms with E-state index in [0.29, 0.717) is 11.3 Å². The van der Waals surface area contributed by atoms with Crippen LogP contribution in [0.3, 0.4) is 0 Å². The summed E-state index contributed by atoms with van der Waals surface area (Å²) in [6.07, 6.45) is 6.11. The predicted octanol–water partition coefficient (Wildman–Crippen LogP) is 3.62. The van der Waals surface area contributed by atoms with Crippen LogP contribution in [-0.4, -0.2) is 27.1 Å². The topological polar surface area (TPSA) is 66.5 Å². The normalized spacial score (nSPS) is 14.2. The van der Waals surface area contributed by atoms with Crippen LogP contribution < -0.4 is 9.62 Å². The summed E-state index contributed by atoms with van der Waals surface area (Å²) in [6, 6.07) is 12.9. The first kappa shape index (κ1) is 20.1. The second-order valence-electron chi connectivity index (χ2n) is 7.21. The summed E-state index contributed by atoms with van der Waals surface area (Å²) < 4.78 is 25.1. The monoisotopic (exact) mass is 398 g/mol. The first-order chi connectivity index (χ1) is 13.3. The lowest BCUT2D eigenvalue weighted by Crippen LogP contribution is -2.30. The highest BCUT2D eigenvalue weighted by Crippen LogP contribution is 2.25. The number of carbonyl (C=O) groups is 1. The molecule has 1 N–H and O–H groups in total. The van der Waals surface area contributed by atoms with Crippen LogP contribution in [0.25, 0.3) is 0 Å². The van der Waals surface area contributed by atoms with Crippen molar-refractivity contribution in [1.29, 1.82) is 0 Å². The Labute approximate surface area is 167 Å². The first-order valence-corrected chi connectivity index (χ1v) is 11.3. The summed E-state index contributed by atoms with van der Waals surface area (Å²) in [6.45, 7) is 5.75. The zero-order valence-corrected chi connectivity index (χ0v) is 17.1. The quantitative estimate of drug-likeness (QED) is 0.725. The van der Waals surface area contributed by atoms with Crippen molar-refractivity contribution in [2.75, 3.05) is 17.1 Å². The maximum atomic E-state index is 12.6. The minimum atomic E-state index is -3.41. The number of hydrogen-bond acceptors (Lipinski definition) is 3. The van der Waals surface area contributed by atoms with Gasteiger partial charge in [0, 0.05) is 5.56 Å². The number of nitrogens with zero attached hydrogens (tertiary/aromatic N) is 1. The fourth-order valence-electron chi connectivity index (χ4n) is 3.55. The van der Waals surface area contributed by atoms with Crippen LogP contribution in [0.15, 0.2) is 55.1 Å². The fourth-order valence-corrected chi connectivity index (χ4v) is 4.43. The Bertz CT molecular complexity index is 981. The van der Waals surface area contributed by atoms with Gasteiger partial charge in [-0.3, -0.25) is 9.10 Å². The lowest BCUT2D eigenvalue weighted by molar-refractivity contribution is 0.0940. The van der Waals surface area contributed by atoms with E-state index in [4.69, 9.17) is 0 Å². The number of fused-ring (bicyclic) bond motifs is 1. The van der Waals surface area contributed by atoms with Crippen LogP contribution in [0.1, 0.15) is 46.4 Å². The number of nitrogens with one attached hydrogen (secondary N) is 1. The molecule has 1 atom stereocenters. The maximum Gasteiger partial charge on any atom is 0.251 e. The van der Waals surface area contributed by atoms with Gasteiger partial charge in [-0.25, -0.2) is 8.42 Å². The number of anilines is 1. The SMILES string of the molecule is C=CCN(c1ccc(C(=O)N[C@@H](C)c2ccc3c(c2)CCC3)cc1)S(C)(=O)=O. The molecule has 6 heteroatoms. The van der Waals surface area contributed by atoms with Gasteiger partial charge < -0.3 is 5.32 Å². The van der Waals surface area contributed by atoms with Crippen molar-refractivity contribution in [2.45, 2.75) is 32.2 Å². The highest BCUT2D eigenvalue weighted by molar-refractivity contribution is 7.92. The Morgan fingerprint density at radius 1 is 1.18 bits per heavy atom. The first-order valence-electron chi connectivity index (χ1n) is 9.41. The third-order valence-electron chi connectivity index (χ3n) is 5.08. The van der Waals surface area contributed by atoms with Gasteiger partial charge in [0.2, 0.25) is 10.0 Å². The van der Waals surface area contributed by atoms with Gasteiger partial charge in [-0.05, 0) is 67.1 Å². The van der Waals surface area contributed by atoms with Crippen LogP contribution in [0, 0.1) is 0 Å². The molecular weight excluding hydrogens is 372 g/mol. The molecule has 5 nitrogen and oxygen atoms in total. The lowest BCUT2D eigenvalue weighted by Gasteiger charge is -2.21. The molecule has 0 radical (unpaired) electrons. The molecule has 2 aromatic carbocycles. The average Bonchev–Trinajstić information content (AvgIpc) is 3.13. The number of benzene rings is 2. The van der Waals surface area contributed by atoms with E-state index in [-0.39, 0.29) is 18.5 Å². The van der Waals surface area contributed by atoms with Crippen LogP contribution >= 0.6 is 0 Å². The van der Waals surface area contributed by atoms with Gasteiger partial charge in [0.1, 0.15) is 0 Å². The maximum absolute atomic E-state index is 12.6. The Hall–Kier alpha value is -2.60. The highest BCUT2D eigenvalue weighted by atomic mass is 32.2. The van der Waals surface area contributed by atoms with Gasteiger partial charge in [-0.15, -0.1) is 6.58 Å². The number of hydrogen-bond donors (Lipinski definition) is 1. The van der Waals surface area contributed by atoms with Crippen molar-refractivity contribution >= 4 is 21.6 Å². The molecule has 1 aliphatic rings. The molecule has 1 aliphatic carbocycles.